The summed E-state index contributed by atoms with van der Waals surface area (Å²) in [7, 11) is 2.00. The zero-order chi connectivity index (χ0) is 20.1. The SMILES string of the molecule is CN1N=CC2CCCn3nc4c(c3C21)CN(C(=O)Nc1ccc(F)c(Cl)c1)CC4. The topological polar surface area (TPSA) is 65.8 Å². The average Bonchev–Trinajstić information content (AvgIpc) is 3.17. The molecule has 3 aliphatic rings. The number of carbonyl (C=O) groups excluding carboxylic acids is 1. The number of carbonyl (C=O) groups is 1. The summed E-state index contributed by atoms with van der Waals surface area (Å²) in [5.74, 6) is -0.125. The molecule has 7 nitrogen and oxygen atoms in total. The molecule has 2 unspecified atom stereocenters. The number of rotatable bonds is 1. The Balaban J connectivity index is 1.40. The van der Waals surface area contributed by atoms with E-state index in [0.29, 0.717) is 24.7 Å². The van der Waals surface area contributed by atoms with Gasteiger partial charge in [0.15, 0.2) is 0 Å². The summed E-state index contributed by atoms with van der Waals surface area (Å²) in [6, 6.07) is 4.13. The van der Waals surface area contributed by atoms with Crippen molar-refractivity contribution in [3.05, 3.63) is 46.0 Å². The minimum absolute atomic E-state index is 0.0130. The summed E-state index contributed by atoms with van der Waals surface area (Å²) >= 11 is 5.83. The molecule has 2 atom stereocenters. The summed E-state index contributed by atoms with van der Waals surface area (Å²) in [5.41, 5.74) is 3.88. The number of benzene rings is 1. The third-order valence-electron chi connectivity index (χ3n) is 6.04. The van der Waals surface area contributed by atoms with E-state index in [9.17, 15) is 9.18 Å². The van der Waals surface area contributed by atoms with Crippen molar-refractivity contribution < 1.29 is 9.18 Å². The monoisotopic (exact) mass is 416 g/mol. The smallest absolute Gasteiger partial charge is 0.320 e. The van der Waals surface area contributed by atoms with Crippen molar-refractivity contribution in [2.75, 3.05) is 18.9 Å². The minimum Gasteiger partial charge on any atom is -0.320 e. The Hall–Kier alpha value is -2.61. The number of amides is 2. The van der Waals surface area contributed by atoms with Gasteiger partial charge in [-0.15, -0.1) is 0 Å². The molecule has 3 aliphatic heterocycles. The Kier molecular flexibility index (Phi) is 4.46. The molecule has 2 aromatic rings. The molecule has 29 heavy (non-hydrogen) atoms. The van der Waals surface area contributed by atoms with E-state index < -0.39 is 5.82 Å². The van der Waals surface area contributed by atoms with E-state index in [1.54, 1.807) is 4.90 Å². The first kappa shape index (κ1) is 18.4. The molecule has 0 saturated heterocycles. The molecular weight excluding hydrogens is 395 g/mol. The van der Waals surface area contributed by atoms with Gasteiger partial charge >= 0.3 is 6.03 Å². The van der Waals surface area contributed by atoms with Crippen LogP contribution in [-0.2, 0) is 19.5 Å². The Morgan fingerprint density at radius 1 is 1.34 bits per heavy atom. The van der Waals surface area contributed by atoms with Gasteiger partial charge in [0.25, 0.3) is 0 Å². The van der Waals surface area contributed by atoms with Crippen molar-refractivity contribution >= 4 is 29.5 Å². The summed E-state index contributed by atoms with van der Waals surface area (Å²) in [4.78, 5) is 14.6. The molecule has 0 aliphatic carbocycles. The second-order valence-corrected chi connectivity index (χ2v) is 8.26. The average molecular weight is 417 g/mol. The van der Waals surface area contributed by atoms with E-state index >= 15 is 0 Å². The summed E-state index contributed by atoms with van der Waals surface area (Å²) < 4.78 is 15.5. The number of nitrogens with zero attached hydrogens (tertiary/aromatic N) is 5. The second kappa shape index (κ2) is 7.02. The van der Waals surface area contributed by atoms with Crippen molar-refractivity contribution in [2.24, 2.45) is 11.0 Å². The van der Waals surface area contributed by atoms with Crippen LogP contribution in [-0.4, -0.2) is 45.5 Å². The van der Waals surface area contributed by atoms with Crippen LogP contribution < -0.4 is 5.32 Å². The molecule has 0 spiro atoms. The van der Waals surface area contributed by atoms with Crippen LogP contribution in [0.15, 0.2) is 23.3 Å². The molecule has 0 saturated carbocycles. The van der Waals surface area contributed by atoms with Gasteiger partial charge in [-0.3, -0.25) is 9.69 Å². The Bertz CT molecular complexity index is 1010. The van der Waals surface area contributed by atoms with Gasteiger partial charge in [0.2, 0.25) is 0 Å². The highest BCUT2D eigenvalue weighted by atomic mass is 35.5. The van der Waals surface area contributed by atoms with E-state index in [4.69, 9.17) is 16.7 Å². The van der Waals surface area contributed by atoms with Gasteiger partial charge in [-0.2, -0.15) is 10.2 Å². The zero-order valence-electron chi connectivity index (χ0n) is 16.1. The third kappa shape index (κ3) is 3.15. The fourth-order valence-corrected chi connectivity index (χ4v) is 4.79. The third-order valence-corrected chi connectivity index (χ3v) is 6.33. The van der Waals surface area contributed by atoms with Crippen LogP contribution in [0, 0.1) is 11.7 Å². The zero-order valence-corrected chi connectivity index (χ0v) is 16.9. The second-order valence-electron chi connectivity index (χ2n) is 7.85. The van der Waals surface area contributed by atoms with Gasteiger partial charge in [-0.05, 0) is 31.0 Å². The molecule has 9 heteroatoms. The van der Waals surface area contributed by atoms with E-state index in [0.717, 1.165) is 37.1 Å². The quantitative estimate of drug-likeness (QED) is 0.771. The highest BCUT2D eigenvalue weighted by Gasteiger charge is 2.39. The van der Waals surface area contributed by atoms with Gasteiger partial charge in [0, 0.05) is 49.9 Å². The van der Waals surface area contributed by atoms with Gasteiger partial charge in [0.1, 0.15) is 5.82 Å². The molecule has 0 radical (unpaired) electrons. The largest absolute Gasteiger partial charge is 0.322 e. The van der Waals surface area contributed by atoms with Crippen LogP contribution in [0.3, 0.4) is 0 Å². The number of hydrogen-bond donors (Lipinski definition) is 1. The van der Waals surface area contributed by atoms with Crippen molar-refractivity contribution in [3.8, 4) is 0 Å². The van der Waals surface area contributed by atoms with Crippen molar-refractivity contribution in [3.63, 3.8) is 0 Å². The first-order chi connectivity index (χ1) is 14.0. The molecule has 5 rings (SSSR count). The lowest BCUT2D eigenvalue weighted by atomic mass is 9.92. The molecule has 152 valence electrons. The standard InChI is InChI=1S/C20H22ClFN6O/c1-26-18-12(10-23-26)3-2-7-28-19(18)14-11-27(8-6-17(14)25-28)20(29)24-13-4-5-16(22)15(21)9-13/h4-5,9-10,12,18H,2-3,6-8,11H2,1H3,(H,24,29). The maximum absolute atomic E-state index is 13.4. The number of hydrazone groups is 1. The predicted octanol–water partition coefficient (Wildman–Crippen LogP) is 3.65. The number of aryl methyl sites for hydroxylation is 1. The van der Waals surface area contributed by atoms with Crippen LogP contribution in [0.1, 0.15) is 35.8 Å². The lowest BCUT2D eigenvalue weighted by Crippen LogP contribution is -2.39. The van der Waals surface area contributed by atoms with E-state index in [1.165, 1.54) is 23.9 Å². The molecular formula is C20H22ClFN6O. The number of anilines is 1. The molecule has 2 amide bonds. The normalized spacial score (nSPS) is 22.7. The molecule has 1 N–H and O–H groups in total. The number of fused-ring (bicyclic) bond motifs is 5. The van der Waals surface area contributed by atoms with E-state index in [1.807, 2.05) is 18.3 Å². The molecule has 1 aromatic heterocycles. The maximum Gasteiger partial charge on any atom is 0.322 e. The molecule has 4 heterocycles. The Labute approximate surface area is 173 Å². The molecule has 1 aromatic carbocycles. The maximum atomic E-state index is 13.4. The van der Waals surface area contributed by atoms with Crippen LogP contribution in [0.2, 0.25) is 5.02 Å². The lowest BCUT2D eigenvalue weighted by molar-refractivity contribution is 0.204. The summed E-state index contributed by atoms with van der Waals surface area (Å²) in [5, 5.41) is 14.2. The number of aromatic nitrogens is 2. The van der Waals surface area contributed by atoms with Crippen LogP contribution in [0.4, 0.5) is 14.9 Å². The fourth-order valence-electron chi connectivity index (χ4n) is 4.61. The highest BCUT2D eigenvalue weighted by molar-refractivity contribution is 6.31. The lowest BCUT2D eigenvalue weighted by Gasteiger charge is -2.30. The Morgan fingerprint density at radius 3 is 3.03 bits per heavy atom. The van der Waals surface area contributed by atoms with Gasteiger partial charge in [-0.25, -0.2) is 9.18 Å². The first-order valence-electron chi connectivity index (χ1n) is 9.87. The van der Waals surface area contributed by atoms with Crippen molar-refractivity contribution in [2.45, 2.75) is 38.4 Å². The first-order valence-corrected chi connectivity index (χ1v) is 10.3. The van der Waals surface area contributed by atoms with Gasteiger partial charge in [-0.1, -0.05) is 11.6 Å². The van der Waals surface area contributed by atoms with Crippen molar-refractivity contribution in [1.82, 2.24) is 19.7 Å². The van der Waals surface area contributed by atoms with E-state index in [2.05, 4.69) is 15.1 Å². The predicted molar refractivity (Wildman–Crippen MR) is 108 cm³/mol. The van der Waals surface area contributed by atoms with Gasteiger partial charge in [0.05, 0.1) is 29.0 Å². The van der Waals surface area contributed by atoms with Crippen LogP contribution in [0.25, 0.3) is 0 Å². The van der Waals surface area contributed by atoms with Crippen molar-refractivity contribution in [1.29, 1.82) is 0 Å². The number of hydrogen-bond acceptors (Lipinski definition) is 4. The van der Waals surface area contributed by atoms with Gasteiger partial charge < -0.3 is 10.2 Å². The molecule has 0 fully saturated rings. The number of halogens is 2. The summed E-state index contributed by atoms with van der Waals surface area (Å²) in [6.45, 7) is 1.99. The minimum atomic E-state index is -0.507. The highest BCUT2D eigenvalue weighted by Crippen LogP contribution is 2.40. The summed E-state index contributed by atoms with van der Waals surface area (Å²) in [6.07, 6.45) is 4.93. The van der Waals surface area contributed by atoms with Crippen LogP contribution >= 0.6 is 11.6 Å². The van der Waals surface area contributed by atoms with E-state index in [-0.39, 0.29) is 17.1 Å². The Morgan fingerprint density at radius 2 is 2.21 bits per heavy atom. The van der Waals surface area contributed by atoms with Crippen LogP contribution in [0.5, 0.6) is 0 Å². The number of nitrogens with one attached hydrogen (secondary N) is 1. The molecule has 0 bridgehead atoms. The number of urea groups is 1. The fraction of sp³-hybridized carbons (Fsp3) is 0.450.